The van der Waals surface area contributed by atoms with Crippen LogP contribution in [0.3, 0.4) is 0 Å². The quantitative estimate of drug-likeness (QED) is 0.399. The highest BCUT2D eigenvalue weighted by molar-refractivity contribution is 5.78. The molecule has 1 aromatic heterocycles. The largest absolute Gasteiger partial charge is 0.484 e. The van der Waals surface area contributed by atoms with E-state index >= 15 is 0 Å². The number of amides is 1. The van der Waals surface area contributed by atoms with E-state index in [1.54, 1.807) is 12.1 Å². The van der Waals surface area contributed by atoms with E-state index in [-0.39, 0.29) is 24.2 Å². The molecule has 4 rings (SSSR count). The van der Waals surface area contributed by atoms with Crippen molar-refractivity contribution in [3.8, 4) is 17.2 Å². The summed E-state index contributed by atoms with van der Waals surface area (Å²) in [5, 5.41) is 11.1. The van der Waals surface area contributed by atoms with Crippen molar-refractivity contribution in [2.75, 3.05) is 6.61 Å². The zero-order valence-corrected chi connectivity index (χ0v) is 18.4. The Labute approximate surface area is 191 Å². The third kappa shape index (κ3) is 5.63. The van der Waals surface area contributed by atoms with E-state index in [1.807, 2.05) is 54.6 Å². The van der Waals surface area contributed by atoms with Crippen molar-refractivity contribution in [2.24, 2.45) is 0 Å². The molecule has 33 heavy (non-hydrogen) atoms. The second-order valence-corrected chi connectivity index (χ2v) is 7.88. The van der Waals surface area contributed by atoms with Crippen LogP contribution in [0.2, 0.25) is 0 Å². The van der Waals surface area contributed by atoms with E-state index in [2.05, 4.69) is 29.4 Å². The number of aromatic nitrogens is 2. The normalized spacial score (nSPS) is 11.9. The summed E-state index contributed by atoms with van der Waals surface area (Å²) in [6.07, 6.45) is 0. The number of nitrogens with zero attached hydrogens (tertiary/aromatic N) is 2. The van der Waals surface area contributed by atoms with Gasteiger partial charge in [-0.05, 0) is 53.4 Å². The second kappa shape index (κ2) is 10.1. The van der Waals surface area contributed by atoms with E-state index in [0.29, 0.717) is 23.1 Å². The fraction of sp³-hybridized carbons (Fsp3) is 0.192. The summed E-state index contributed by atoms with van der Waals surface area (Å²) in [6, 6.07) is 21.9. The highest BCUT2D eigenvalue weighted by Gasteiger charge is 2.24. The number of carbonyl (C=O) groups excluding carboxylic acids is 1. The molecule has 0 spiro atoms. The summed E-state index contributed by atoms with van der Waals surface area (Å²) in [5.41, 5.74) is 2.55. The van der Waals surface area contributed by atoms with Crippen molar-refractivity contribution in [3.63, 3.8) is 0 Å². The van der Waals surface area contributed by atoms with Crippen molar-refractivity contribution in [2.45, 2.75) is 25.8 Å². The molecule has 0 radical (unpaired) electrons. The Hall–Kier alpha value is -4.00. The molecule has 168 valence electrons. The lowest BCUT2D eigenvalue weighted by atomic mass is 10.0. The Kier molecular flexibility index (Phi) is 6.78. The Morgan fingerprint density at radius 2 is 1.61 bits per heavy atom. The molecule has 1 unspecified atom stereocenters. The van der Waals surface area contributed by atoms with E-state index in [4.69, 9.17) is 9.15 Å². The molecule has 0 fully saturated rings. The predicted octanol–water partition coefficient (Wildman–Crippen LogP) is 5.28. The highest BCUT2D eigenvalue weighted by atomic mass is 19.1. The summed E-state index contributed by atoms with van der Waals surface area (Å²) in [6.45, 7) is 4.03. The van der Waals surface area contributed by atoms with E-state index in [1.165, 1.54) is 17.7 Å². The standard InChI is InChI=1S/C26H24FN3O3/c1-17(2)18-10-14-22(15-11-18)32-16-23(31)28-24(19-8-12-21(27)13-9-19)26-30-29-25(33-26)20-6-4-3-5-7-20/h3-15,17,24H,16H2,1-2H3,(H,28,31). The van der Waals surface area contributed by atoms with E-state index in [9.17, 15) is 9.18 Å². The third-order valence-electron chi connectivity index (χ3n) is 5.13. The maximum atomic E-state index is 13.5. The Morgan fingerprint density at radius 3 is 2.27 bits per heavy atom. The molecule has 1 amide bonds. The van der Waals surface area contributed by atoms with Gasteiger partial charge in [0.2, 0.25) is 11.8 Å². The number of hydrogen-bond donors (Lipinski definition) is 1. The van der Waals surface area contributed by atoms with Gasteiger partial charge in [0, 0.05) is 5.56 Å². The Morgan fingerprint density at radius 1 is 0.939 bits per heavy atom. The van der Waals surface area contributed by atoms with Crippen LogP contribution < -0.4 is 10.1 Å². The molecule has 0 aliphatic rings. The predicted molar refractivity (Wildman–Crippen MR) is 122 cm³/mol. The molecule has 7 heteroatoms. The van der Waals surface area contributed by atoms with Crippen LogP contribution in [0.5, 0.6) is 5.75 Å². The number of ether oxygens (including phenoxy) is 1. The minimum Gasteiger partial charge on any atom is -0.484 e. The van der Waals surface area contributed by atoms with Crippen LogP contribution in [0, 0.1) is 5.82 Å². The number of rotatable bonds is 8. The first-order valence-electron chi connectivity index (χ1n) is 10.7. The van der Waals surface area contributed by atoms with Crippen LogP contribution in [0.15, 0.2) is 83.3 Å². The highest BCUT2D eigenvalue weighted by Crippen LogP contribution is 2.25. The monoisotopic (exact) mass is 445 g/mol. The summed E-state index contributed by atoms with van der Waals surface area (Å²) in [4.78, 5) is 12.7. The van der Waals surface area contributed by atoms with Gasteiger partial charge in [0.15, 0.2) is 6.61 Å². The SMILES string of the molecule is CC(C)c1ccc(OCC(=O)NC(c2ccc(F)cc2)c2nnc(-c3ccccc3)o2)cc1. The smallest absolute Gasteiger partial charge is 0.258 e. The first-order chi connectivity index (χ1) is 16.0. The molecular formula is C26H24FN3O3. The van der Waals surface area contributed by atoms with Gasteiger partial charge in [-0.25, -0.2) is 4.39 Å². The summed E-state index contributed by atoms with van der Waals surface area (Å²) < 4.78 is 24.9. The number of hydrogen-bond acceptors (Lipinski definition) is 5. The summed E-state index contributed by atoms with van der Waals surface area (Å²) >= 11 is 0. The van der Waals surface area contributed by atoms with Gasteiger partial charge in [-0.15, -0.1) is 10.2 Å². The van der Waals surface area contributed by atoms with Crippen molar-refractivity contribution in [1.29, 1.82) is 0 Å². The minimum atomic E-state index is -0.755. The maximum absolute atomic E-state index is 13.5. The fourth-order valence-electron chi connectivity index (χ4n) is 3.29. The van der Waals surface area contributed by atoms with Gasteiger partial charge >= 0.3 is 0 Å². The first-order valence-corrected chi connectivity index (χ1v) is 10.7. The molecule has 1 N–H and O–H groups in total. The van der Waals surface area contributed by atoms with Crippen LogP contribution in [0.1, 0.15) is 42.8 Å². The maximum Gasteiger partial charge on any atom is 0.258 e. The molecule has 6 nitrogen and oxygen atoms in total. The number of nitrogens with one attached hydrogen (secondary N) is 1. The minimum absolute atomic E-state index is 0.190. The van der Waals surface area contributed by atoms with Gasteiger partial charge in [-0.1, -0.05) is 56.3 Å². The van der Waals surface area contributed by atoms with Gasteiger partial charge in [0.05, 0.1) is 0 Å². The number of halogens is 1. The average Bonchev–Trinajstić information content (AvgIpc) is 3.33. The van der Waals surface area contributed by atoms with E-state index in [0.717, 1.165) is 5.56 Å². The van der Waals surface area contributed by atoms with Crippen LogP contribution in [0.4, 0.5) is 4.39 Å². The lowest BCUT2D eigenvalue weighted by molar-refractivity contribution is -0.123. The molecule has 0 aliphatic heterocycles. The Bertz CT molecular complexity index is 1190. The van der Waals surface area contributed by atoms with Crippen molar-refractivity contribution >= 4 is 5.91 Å². The van der Waals surface area contributed by atoms with Gasteiger partial charge in [0.25, 0.3) is 5.91 Å². The molecule has 1 atom stereocenters. The van der Waals surface area contributed by atoms with Crippen LogP contribution in [0.25, 0.3) is 11.5 Å². The molecular weight excluding hydrogens is 421 g/mol. The van der Waals surface area contributed by atoms with Gasteiger partial charge < -0.3 is 14.5 Å². The summed E-state index contributed by atoms with van der Waals surface area (Å²) in [5.74, 6) is 0.763. The lowest BCUT2D eigenvalue weighted by Gasteiger charge is -2.16. The molecule has 0 saturated heterocycles. The molecule has 1 heterocycles. The van der Waals surface area contributed by atoms with Gasteiger partial charge in [-0.3, -0.25) is 4.79 Å². The molecule has 0 aliphatic carbocycles. The van der Waals surface area contributed by atoms with Crippen LogP contribution >= 0.6 is 0 Å². The average molecular weight is 445 g/mol. The third-order valence-corrected chi connectivity index (χ3v) is 5.13. The molecule has 3 aromatic carbocycles. The summed E-state index contributed by atoms with van der Waals surface area (Å²) in [7, 11) is 0. The number of benzene rings is 3. The van der Waals surface area contributed by atoms with Crippen molar-refractivity contribution < 1.29 is 18.3 Å². The number of carbonyl (C=O) groups is 1. The topological polar surface area (TPSA) is 77.2 Å². The first kappa shape index (κ1) is 22.2. The Balaban J connectivity index is 1.50. The van der Waals surface area contributed by atoms with Crippen LogP contribution in [-0.2, 0) is 4.79 Å². The van der Waals surface area contributed by atoms with Crippen molar-refractivity contribution in [1.82, 2.24) is 15.5 Å². The molecule has 4 aromatic rings. The van der Waals surface area contributed by atoms with Gasteiger partial charge in [-0.2, -0.15) is 0 Å². The van der Waals surface area contributed by atoms with Crippen molar-refractivity contribution in [3.05, 3.63) is 102 Å². The zero-order chi connectivity index (χ0) is 23.2. The van der Waals surface area contributed by atoms with E-state index < -0.39 is 6.04 Å². The van der Waals surface area contributed by atoms with Crippen LogP contribution in [-0.4, -0.2) is 22.7 Å². The van der Waals surface area contributed by atoms with Gasteiger partial charge in [0.1, 0.15) is 17.6 Å². The molecule has 0 saturated carbocycles. The second-order valence-electron chi connectivity index (χ2n) is 7.88. The fourth-order valence-corrected chi connectivity index (χ4v) is 3.29. The lowest BCUT2D eigenvalue weighted by Crippen LogP contribution is -2.33. The zero-order valence-electron chi connectivity index (χ0n) is 18.4. The molecule has 0 bridgehead atoms.